The van der Waals surface area contributed by atoms with Gasteiger partial charge < -0.3 is 15.2 Å². The van der Waals surface area contributed by atoms with Crippen LogP contribution >= 0.6 is 23.2 Å². The summed E-state index contributed by atoms with van der Waals surface area (Å²) < 4.78 is 5.61. The number of carboxylic acids is 1. The fraction of sp³-hybridized carbons (Fsp3) is 0. The number of ether oxygens (including phenoxy) is 1. The van der Waals surface area contributed by atoms with Gasteiger partial charge in [0.25, 0.3) is 0 Å². The lowest BCUT2D eigenvalue weighted by Crippen LogP contribution is -2.08. The van der Waals surface area contributed by atoms with Gasteiger partial charge in [0.05, 0.1) is 5.02 Å². The Balaban J connectivity index is 2.02. The van der Waals surface area contributed by atoms with Crippen LogP contribution in [-0.4, -0.2) is 17.0 Å². The Morgan fingerprint density at radius 2 is 1.74 bits per heavy atom. The van der Waals surface area contributed by atoms with Crippen molar-refractivity contribution in [3.8, 4) is 11.5 Å². The van der Waals surface area contributed by atoms with E-state index in [4.69, 9.17) is 33.0 Å². The molecule has 5 nitrogen and oxygen atoms in total. The fourth-order valence-electron chi connectivity index (χ4n) is 1.62. The van der Waals surface area contributed by atoms with E-state index < -0.39 is 11.9 Å². The van der Waals surface area contributed by atoms with E-state index in [1.54, 1.807) is 42.5 Å². The first kappa shape index (κ1) is 16.9. The number of anilines is 1. The highest BCUT2D eigenvalue weighted by Gasteiger charge is 2.05. The van der Waals surface area contributed by atoms with Gasteiger partial charge in [-0.05, 0) is 42.5 Å². The van der Waals surface area contributed by atoms with E-state index in [0.29, 0.717) is 27.2 Å². The first-order chi connectivity index (χ1) is 10.9. The predicted octanol–water partition coefficient (Wildman–Crippen LogP) is 4.37. The van der Waals surface area contributed by atoms with Gasteiger partial charge in [0.15, 0.2) is 0 Å². The molecule has 0 aliphatic carbocycles. The number of hydrogen-bond donors (Lipinski definition) is 2. The van der Waals surface area contributed by atoms with Crippen LogP contribution in [0, 0.1) is 0 Å². The van der Waals surface area contributed by atoms with Crippen molar-refractivity contribution in [1.82, 2.24) is 0 Å². The summed E-state index contributed by atoms with van der Waals surface area (Å²) in [6, 6.07) is 11.4. The van der Waals surface area contributed by atoms with Crippen molar-refractivity contribution in [2.75, 3.05) is 5.32 Å². The number of rotatable bonds is 5. The Hall–Kier alpha value is -2.50. The zero-order valence-corrected chi connectivity index (χ0v) is 13.1. The minimum absolute atomic E-state index is 0.383. The van der Waals surface area contributed by atoms with Gasteiger partial charge in [0.1, 0.15) is 11.5 Å². The molecular formula is C16H11Cl2NO4. The van der Waals surface area contributed by atoms with Crippen molar-refractivity contribution >= 4 is 40.8 Å². The Kier molecular flexibility index (Phi) is 5.62. The molecule has 0 aromatic heterocycles. The highest BCUT2D eigenvalue weighted by Crippen LogP contribution is 2.31. The highest BCUT2D eigenvalue weighted by molar-refractivity contribution is 6.35. The molecule has 0 bridgehead atoms. The van der Waals surface area contributed by atoms with Gasteiger partial charge in [-0.15, -0.1) is 0 Å². The Morgan fingerprint density at radius 3 is 2.35 bits per heavy atom. The molecule has 0 saturated heterocycles. The van der Waals surface area contributed by atoms with Crippen LogP contribution in [0.2, 0.25) is 10.0 Å². The third-order valence-electron chi connectivity index (χ3n) is 2.62. The smallest absolute Gasteiger partial charge is 0.328 e. The van der Waals surface area contributed by atoms with E-state index in [9.17, 15) is 9.59 Å². The molecule has 0 heterocycles. The van der Waals surface area contributed by atoms with Gasteiger partial charge in [-0.1, -0.05) is 23.2 Å². The van der Waals surface area contributed by atoms with E-state index >= 15 is 0 Å². The number of carbonyl (C=O) groups excluding carboxylic acids is 1. The Morgan fingerprint density at radius 1 is 1.04 bits per heavy atom. The van der Waals surface area contributed by atoms with E-state index in [0.717, 1.165) is 12.2 Å². The molecular weight excluding hydrogens is 341 g/mol. The lowest BCUT2D eigenvalue weighted by atomic mass is 10.3. The van der Waals surface area contributed by atoms with Crippen LogP contribution in [0.15, 0.2) is 54.6 Å². The van der Waals surface area contributed by atoms with Crippen LogP contribution in [0.1, 0.15) is 0 Å². The van der Waals surface area contributed by atoms with Crippen molar-refractivity contribution in [3.05, 3.63) is 64.7 Å². The molecule has 0 unspecified atom stereocenters. The second kappa shape index (κ2) is 7.67. The van der Waals surface area contributed by atoms with Gasteiger partial charge in [-0.2, -0.15) is 0 Å². The maximum Gasteiger partial charge on any atom is 0.328 e. The molecule has 0 aliphatic rings. The lowest BCUT2D eigenvalue weighted by molar-refractivity contribution is -0.131. The number of halogens is 2. The van der Waals surface area contributed by atoms with Crippen molar-refractivity contribution in [2.24, 2.45) is 0 Å². The molecule has 2 N–H and O–H groups in total. The van der Waals surface area contributed by atoms with Crippen LogP contribution in [-0.2, 0) is 9.59 Å². The molecule has 2 aromatic carbocycles. The zero-order chi connectivity index (χ0) is 16.8. The maximum atomic E-state index is 11.4. The minimum atomic E-state index is -1.19. The molecule has 1 amide bonds. The second-order valence-corrected chi connectivity index (χ2v) is 5.21. The van der Waals surface area contributed by atoms with Crippen molar-refractivity contribution < 1.29 is 19.4 Å². The fourth-order valence-corrected chi connectivity index (χ4v) is 2.07. The standard InChI is InChI=1S/C16H11Cl2NO4/c17-10-1-6-14(13(18)9-10)23-12-4-2-11(3-5-12)19-15(20)7-8-16(21)22/h1-9H,(H,19,20)(H,21,22)/b8-7-. The molecule has 0 fully saturated rings. The summed E-state index contributed by atoms with van der Waals surface area (Å²) in [5.74, 6) is -0.754. The summed E-state index contributed by atoms with van der Waals surface area (Å²) in [6.45, 7) is 0. The molecule has 0 atom stereocenters. The van der Waals surface area contributed by atoms with E-state index in [2.05, 4.69) is 5.32 Å². The number of nitrogens with one attached hydrogen (secondary N) is 1. The van der Waals surface area contributed by atoms with Crippen LogP contribution in [0.25, 0.3) is 0 Å². The van der Waals surface area contributed by atoms with E-state index in [-0.39, 0.29) is 0 Å². The Labute approximate surface area is 142 Å². The molecule has 23 heavy (non-hydrogen) atoms. The summed E-state index contributed by atoms with van der Waals surface area (Å²) in [5.41, 5.74) is 0.500. The number of carbonyl (C=O) groups is 2. The van der Waals surface area contributed by atoms with Gasteiger partial charge in [0.2, 0.25) is 5.91 Å². The van der Waals surface area contributed by atoms with Crippen LogP contribution in [0.3, 0.4) is 0 Å². The molecule has 2 aromatic rings. The number of benzene rings is 2. The molecule has 0 aliphatic heterocycles. The first-order valence-corrected chi connectivity index (χ1v) is 7.14. The van der Waals surface area contributed by atoms with Gasteiger partial charge in [-0.3, -0.25) is 4.79 Å². The predicted molar refractivity (Wildman–Crippen MR) is 88.4 cm³/mol. The van der Waals surface area contributed by atoms with Gasteiger partial charge >= 0.3 is 5.97 Å². The molecule has 7 heteroatoms. The molecule has 0 radical (unpaired) electrons. The van der Waals surface area contributed by atoms with Crippen molar-refractivity contribution in [2.45, 2.75) is 0 Å². The zero-order valence-electron chi connectivity index (χ0n) is 11.6. The summed E-state index contributed by atoms with van der Waals surface area (Å²) in [6.07, 6.45) is 1.69. The summed E-state index contributed by atoms with van der Waals surface area (Å²) in [4.78, 5) is 21.8. The van der Waals surface area contributed by atoms with Crippen LogP contribution < -0.4 is 10.1 Å². The number of hydrogen-bond acceptors (Lipinski definition) is 3. The van der Waals surface area contributed by atoms with Crippen molar-refractivity contribution in [1.29, 1.82) is 0 Å². The number of amides is 1. The topological polar surface area (TPSA) is 75.6 Å². The summed E-state index contributed by atoms with van der Waals surface area (Å²) >= 11 is 11.8. The number of carboxylic acid groups (broad SMARTS) is 1. The Bertz CT molecular complexity index is 757. The third kappa shape index (κ3) is 5.32. The molecule has 118 valence electrons. The van der Waals surface area contributed by atoms with Gasteiger partial charge in [0, 0.05) is 22.9 Å². The minimum Gasteiger partial charge on any atom is -0.478 e. The average Bonchev–Trinajstić information content (AvgIpc) is 2.50. The quantitative estimate of drug-likeness (QED) is 0.784. The summed E-state index contributed by atoms with van der Waals surface area (Å²) in [5, 5.41) is 11.9. The van der Waals surface area contributed by atoms with E-state index in [1.165, 1.54) is 0 Å². The first-order valence-electron chi connectivity index (χ1n) is 6.39. The molecule has 0 saturated carbocycles. The lowest BCUT2D eigenvalue weighted by Gasteiger charge is -2.09. The average molecular weight is 352 g/mol. The maximum absolute atomic E-state index is 11.4. The van der Waals surface area contributed by atoms with E-state index in [1.807, 2.05) is 0 Å². The second-order valence-electron chi connectivity index (χ2n) is 4.36. The molecule has 2 rings (SSSR count). The number of aliphatic carboxylic acids is 1. The monoisotopic (exact) mass is 351 g/mol. The van der Waals surface area contributed by atoms with Crippen LogP contribution in [0.4, 0.5) is 5.69 Å². The SMILES string of the molecule is O=C(O)/C=C\C(=O)Nc1ccc(Oc2ccc(Cl)cc2Cl)cc1. The van der Waals surface area contributed by atoms with Gasteiger partial charge in [-0.25, -0.2) is 4.79 Å². The molecule has 0 spiro atoms. The third-order valence-corrected chi connectivity index (χ3v) is 3.15. The van der Waals surface area contributed by atoms with Crippen LogP contribution in [0.5, 0.6) is 11.5 Å². The normalized spacial score (nSPS) is 10.5. The highest BCUT2D eigenvalue weighted by atomic mass is 35.5. The van der Waals surface area contributed by atoms with Crippen molar-refractivity contribution in [3.63, 3.8) is 0 Å². The largest absolute Gasteiger partial charge is 0.478 e. The summed E-state index contributed by atoms with van der Waals surface area (Å²) in [7, 11) is 0.